The number of halogens is 1. The molecule has 0 fully saturated rings. The summed E-state index contributed by atoms with van der Waals surface area (Å²) in [5, 5.41) is 7.78. The highest BCUT2D eigenvalue weighted by molar-refractivity contribution is 7.89. The number of benzene rings is 2. The quantitative estimate of drug-likeness (QED) is 0.747. The molecule has 2 aromatic rings. The third-order valence-electron chi connectivity index (χ3n) is 2.41. The maximum atomic E-state index is 13.5. The lowest BCUT2D eigenvalue weighted by Crippen LogP contribution is -2.12. The summed E-state index contributed by atoms with van der Waals surface area (Å²) in [6, 6.07) is 10.0. The van der Waals surface area contributed by atoms with E-state index < -0.39 is 15.8 Å². The van der Waals surface area contributed by atoms with Crippen LogP contribution in [-0.4, -0.2) is 8.42 Å². The van der Waals surface area contributed by atoms with Gasteiger partial charge in [0.25, 0.3) is 0 Å². The van der Waals surface area contributed by atoms with E-state index in [1.54, 1.807) is 12.1 Å². The van der Waals surface area contributed by atoms with Crippen LogP contribution in [0.3, 0.4) is 0 Å². The van der Waals surface area contributed by atoms with E-state index in [9.17, 15) is 12.8 Å². The van der Waals surface area contributed by atoms with Crippen molar-refractivity contribution in [2.45, 2.75) is 4.90 Å². The third-order valence-corrected chi connectivity index (χ3v) is 3.30. The fourth-order valence-corrected chi connectivity index (χ4v) is 2.17. The van der Waals surface area contributed by atoms with Gasteiger partial charge in [0.1, 0.15) is 5.82 Å². The first kappa shape index (κ1) is 13.3. The zero-order chi connectivity index (χ0) is 14.0. The molecule has 0 aliphatic carbocycles. The van der Waals surface area contributed by atoms with E-state index in [1.807, 2.05) is 0 Å². The van der Waals surface area contributed by atoms with Crippen molar-refractivity contribution in [2.75, 3.05) is 11.1 Å². The average Bonchev–Trinajstić information content (AvgIpc) is 2.30. The van der Waals surface area contributed by atoms with Gasteiger partial charge in [-0.15, -0.1) is 0 Å². The van der Waals surface area contributed by atoms with Gasteiger partial charge in [0.05, 0.1) is 10.6 Å². The Morgan fingerprint density at radius 3 is 2.42 bits per heavy atom. The van der Waals surface area contributed by atoms with Gasteiger partial charge in [-0.3, -0.25) is 0 Å². The zero-order valence-corrected chi connectivity index (χ0v) is 10.6. The van der Waals surface area contributed by atoms with E-state index in [2.05, 4.69) is 5.32 Å². The number of para-hydroxylation sites is 1. The molecule has 0 bridgehead atoms. The van der Waals surface area contributed by atoms with E-state index in [-0.39, 0.29) is 16.3 Å². The number of nitrogen functional groups attached to an aromatic ring is 1. The van der Waals surface area contributed by atoms with Crippen LogP contribution in [0.15, 0.2) is 47.4 Å². The number of hydrogen-bond acceptors (Lipinski definition) is 4. The van der Waals surface area contributed by atoms with E-state index in [0.717, 1.165) is 0 Å². The van der Waals surface area contributed by atoms with Crippen LogP contribution >= 0.6 is 0 Å². The van der Waals surface area contributed by atoms with Gasteiger partial charge < -0.3 is 11.1 Å². The molecule has 5 nitrogen and oxygen atoms in total. The third kappa shape index (κ3) is 3.21. The Morgan fingerprint density at radius 2 is 1.79 bits per heavy atom. The van der Waals surface area contributed by atoms with Gasteiger partial charge in [-0.2, -0.15) is 0 Å². The maximum absolute atomic E-state index is 13.5. The van der Waals surface area contributed by atoms with Crippen LogP contribution in [0, 0.1) is 5.82 Å². The van der Waals surface area contributed by atoms with Crippen molar-refractivity contribution in [3.63, 3.8) is 0 Å². The number of hydrogen-bond donors (Lipinski definition) is 3. The van der Waals surface area contributed by atoms with Crippen LogP contribution < -0.4 is 16.2 Å². The highest BCUT2D eigenvalue weighted by Crippen LogP contribution is 2.24. The lowest BCUT2D eigenvalue weighted by molar-refractivity contribution is 0.598. The molecule has 100 valence electrons. The zero-order valence-electron chi connectivity index (χ0n) is 9.80. The number of anilines is 3. The minimum absolute atomic E-state index is 0.133. The van der Waals surface area contributed by atoms with Crippen molar-refractivity contribution < 1.29 is 12.8 Å². The predicted molar refractivity (Wildman–Crippen MR) is 71.9 cm³/mol. The summed E-state index contributed by atoms with van der Waals surface area (Å²) in [4.78, 5) is -0.133. The van der Waals surface area contributed by atoms with Crippen molar-refractivity contribution in [1.82, 2.24) is 0 Å². The molecule has 5 N–H and O–H groups in total. The van der Waals surface area contributed by atoms with Gasteiger partial charge >= 0.3 is 0 Å². The summed E-state index contributed by atoms with van der Waals surface area (Å²) in [7, 11) is -3.86. The van der Waals surface area contributed by atoms with Crippen molar-refractivity contribution >= 4 is 27.1 Å². The molecule has 0 unspecified atom stereocenters. The summed E-state index contributed by atoms with van der Waals surface area (Å²) < 4.78 is 36.0. The molecule has 2 aromatic carbocycles. The first-order valence-electron chi connectivity index (χ1n) is 5.31. The van der Waals surface area contributed by atoms with E-state index >= 15 is 0 Å². The van der Waals surface area contributed by atoms with Gasteiger partial charge in [-0.1, -0.05) is 12.1 Å². The second kappa shape index (κ2) is 4.87. The van der Waals surface area contributed by atoms with Crippen molar-refractivity contribution in [1.29, 1.82) is 0 Å². The van der Waals surface area contributed by atoms with Crippen LogP contribution in [0.4, 0.5) is 21.5 Å². The molecule has 0 spiro atoms. The van der Waals surface area contributed by atoms with Crippen molar-refractivity contribution in [3.05, 3.63) is 48.3 Å². The summed E-state index contributed by atoms with van der Waals surface area (Å²) in [5.74, 6) is -0.456. The normalized spacial score (nSPS) is 11.3. The predicted octanol–water partition coefficient (Wildman–Crippen LogP) is 1.80. The summed E-state index contributed by atoms with van der Waals surface area (Å²) in [6.45, 7) is 0. The molecule has 0 amide bonds. The largest absolute Gasteiger partial charge is 0.399 e. The molecular formula is C12H12FN3O2S. The molecule has 0 aliphatic rings. The summed E-state index contributed by atoms with van der Waals surface area (Å²) >= 11 is 0. The molecule has 0 atom stereocenters. The first-order chi connectivity index (χ1) is 8.86. The Morgan fingerprint density at radius 1 is 1.11 bits per heavy atom. The smallest absolute Gasteiger partial charge is 0.238 e. The first-order valence-corrected chi connectivity index (χ1v) is 6.86. The Balaban J connectivity index is 2.42. The second-order valence-corrected chi connectivity index (χ2v) is 5.50. The van der Waals surface area contributed by atoms with E-state index in [0.29, 0.717) is 5.69 Å². The van der Waals surface area contributed by atoms with Crippen LogP contribution in [0.1, 0.15) is 0 Å². The van der Waals surface area contributed by atoms with Gasteiger partial charge in [0, 0.05) is 11.4 Å². The average molecular weight is 281 g/mol. The van der Waals surface area contributed by atoms with E-state index in [1.165, 1.54) is 30.3 Å². The molecule has 7 heteroatoms. The van der Waals surface area contributed by atoms with Gasteiger partial charge in [-0.25, -0.2) is 17.9 Å². The molecule has 2 rings (SSSR count). The summed E-state index contributed by atoms with van der Waals surface area (Å²) in [6.07, 6.45) is 0. The van der Waals surface area contributed by atoms with Crippen LogP contribution in [0.5, 0.6) is 0 Å². The highest BCUT2D eigenvalue weighted by Gasteiger charge is 2.10. The van der Waals surface area contributed by atoms with E-state index in [4.69, 9.17) is 10.9 Å². The number of sulfonamides is 1. The molecule has 0 aliphatic heterocycles. The Kier molecular flexibility index (Phi) is 3.41. The topological polar surface area (TPSA) is 98.2 Å². The van der Waals surface area contributed by atoms with Gasteiger partial charge in [-0.05, 0) is 30.3 Å². The number of rotatable bonds is 3. The van der Waals surface area contributed by atoms with Crippen LogP contribution in [0.25, 0.3) is 0 Å². The Labute approximate surface area is 110 Å². The minimum Gasteiger partial charge on any atom is -0.399 e. The molecule has 0 saturated carbocycles. The second-order valence-electron chi connectivity index (χ2n) is 3.94. The fourth-order valence-electron chi connectivity index (χ4n) is 1.58. The van der Waals surface area contributed by atoms with Gasteiger partial charge in [0.2, 0.25) is 10.0 Å². The number of nitrogens with one attached hydrogen (secondary N) is 1. The molecule has 0 heterocycles. The monoisotopic (exact) mass is 281 g/mol. The summed E-state index contributed by atoms with van der Waals surface area (Å²) in [5.41, 5.74) is 6.37. The highest BCUT2D eigenvalue weighted by atomic mass is 32.2. The molecule has 19 heavy (non-hydrogen) atoms. The van der Waals surface area contributed by atoms with Gasteiger partial charge in [0.15, 0.2) is 0 Å². The van der Waals surface area contributed by atoms with Crippen molar-refractivity contribution in [3.8, 4) is 0 Å². The lowest BCUT2D eigenvalue weighted by Gasteiger charge is -2.10. The Bertz CT molecular complexity index is 717. The Hall–Kier alpha value is -2.12. The molecule has 0 saturated heterocycles. The number of nitrogens with two attached hydrogens (primary N) is 2. The SMILES string of the molecule is Nc1cc(Nc2ccccc2F)cc(S(N)(=O)=O)c1. The lowest BCUT2D eigenvalue weighted by atomic mass is 10.2. The standard InChI is InChI=1S/C12H12FN3O2S/c13-11-3-1-2-4-12(11)16-9-5-8(14)6-10(7-9)19(15,17)18/h1-7,16H,14H2,(H2,15,17,18). The molecule has 0 aromatic heterocycles. The molecule has 0 radical (unpaired) electrons. The van der Waals surface area contributed by atoms with Crippen LogP contribution in [0.2, 0.25) is 0 Å². The van der Waals surface area contributed by atoms with Crippen LogP contribution in [-0.2, 0) is 10.0 Å². The number of primary sulfonamides is 1. The molecular weight excluding hydrogens is 269 g/mol. The van der Waals surface area contributed by atoms with Crippen molar-refractivity contribution in [2.24, 2.45) is 5.14 Å². The fraction of sp³-hybridized carbons (Fsp3) is 0. The maximum Gasteiger partial charge on any atom is 0.238 e. The minimum atomic E-state index is -3.86.